The van der Waals surface area contributed by atoms with Gasteiger partial charge in [-0.15, -0.1) is 0 Å². The third-order valence-corrected chi connectivity index (χ3v) is 5.92. The Kier molecular flexibility index (Phi) is 4.48. The van der Waals surface area contributed by atoms with Gasteiger partial charge in [0.2, 0.25) is 10.0 Å². The van der Waals surface area contributed by atoms with Gasteiger partial charge in [-0.25, -0.2) is 13.1 Å². The summed E-state index contributed by atoms with van der Waals surface area (Å²) in [5, 5.41) is 0. The molecular weight excluding hydrogens is 386 g/mol. The number of ether oxygens (including phenoxy) is 1. The van der Waals surface area contributed by atoms with Crippen molar-refractivity contribution < 1.29 is 13.2 Å². The molecule has 1 aliphatic rings. The average Bonchev–Trinajstić information content (AvgIpc) is 2.22. The summed E-state index contributed by atoms with van der Waals surface area (Å²) in [6, 6.07) is 4.96. The molecule has 0 heterocycles. The van der Waals surface area contributed by atoms with E-state index in [2.05, 4.69) is 36.6 Å². The quantitative estimate of drug-likeness (QED) is 0.848. The molecule has 100 valence electrons. The van der Waals surface area contributed by atoms with Gasteiger partial charge in [-0.3, -0.25) is 0 Å². The van der Waals surface area contributed by atoms with Gasteiger partial charge in [0.15, 0.2) is 0 Å². The van der Waals surface area contributed by atoms with Crippen LogP contribution in [-0.2, 0) is 14.8 Å². The zero-order chi connectivity index (χ0) is 13.3. The second-order valence-electron chi connectivity index (χ2n) is 4.22. The third-order valence-electron chi connectivity index (χ3n) is 2.93. The van der Waals surface area contributed by atoms with Crippen molar-refractivity contribution in [2.45, 2.75) is 29.9 Å². The molecular formula is C11H13Br2NO3S. The lowest BCUT2D eigenvalue weighted by molar-refractivity contribution is 0.0236. The van der Waals surface area contributed by atoms with Crippen molar-refractivity contribution in [3.63, 3.8) is 0 Å². The Hall–Kier alpha value is 0.0500. The minimum Gasteiger partial charge on any atom is -0.381 e. The maximum Gasteiger partial charge on any atom is 0.241 e. The van der Waals surface area contributed by atoms with E-state index in [1.54, 1.807) is 25.3 Å². The number of sulfonamides is 1. The molecule has 2 rings (SSSR count). The molecule has 4 nitrogen and oxygen atoms in total. The van der Waals surface area contributed by atoms with Crippen LogP contribution >= 0.6 is 31.9 Å². The van der Waals surface area contributed by atoms with Crippen LogP contribution < -0.4 is 4.72 Å². The van der Waals surface area contributed by atoms with Crippen molar-refractivity contribution in [2.75, 3.05) is 7.11 Å². The van der Waals surface area contributed by atoms with Crippen molar-refractivity contribution in [2.24, 2.45) is 0 Å². The van der Waals surface area contributed by atoms with Gasteiger partial charge in [0.1, 0.15) is 0 Å². The topological polar surface area (TPSA) is 55.4 Å². The van der Waals surface area contributed by atoms with E-state index >= 15 is 0 Å². The van der Waals surface area contributed by atoms with Crippen LogP contribution in [0.15, 0.2) is 32.0 Å². The van der Waals surface area contributed by atoms with Crippen LogP contribution in [-0.4, -0.2) is 27.7 Å². The number of hydrogen-bond donors (Lipinski definition) is 1. The zero-order valence-corrected chi connectivity index (χ0v) is 13.7. The lowest BCUT2D eigenvalue weighted by atomic mass is 9.90. The standard InChI is InChI=1S/C11H13Br2NO3S/c1-17-9-5-8(6-9)14-18(15,16)11-3-2-7(12)4-10(11)13/h2-4,8-9,14H,5-6H2,1H3. The van der Waals surface area contributed by atoms with Gasteiger partial charge in [-0.1, -0.05) is 15.9 Å². The number of benzene rings is 1. The normalized spacial score (nSPS) is 23.7. The predicted molar refractivity (Wildman–Crippen MR) is 76.0 cm³/mol. The van der Waals surface area contributed by atoms with Crippen LogP contribution in [0, 0.1) is 0 Å². The number of rotatable bonds is 4. The van der Waals surface area contributed by atoms with Crippen LogP contribution in [0.4, 0.5) is 0 Å². The van der Waals surface area contributed by atoms with Crippen molar-refractivity contribution in [3.8, 4) is 0 Å². The van der Waals surface area contributed by atoms with E-state index < -0.39 is 10.0 Å². The highest BCUT2D eigenvalue weighted by atomic mass is 79.9. The van der Waals surface area contributed by atoms with Gasteiger partial charge in [-0.2, -0.15) is 0 Å². The second-order valence-corrected chi connectivity index (χ2v) is 7.67. The molecule has 0 amide bonds. The fourth-order valence-electron chi connectivity index (χ4n) is 1.83. The van der Waals surface area contributed by atoms with E-state index in [1.165, 1.54) is 0 Å². The largest absolute Gasteiger partial charge is 0.381 e. The molecule has 0 aromatic heterocycles. The minimum absolute atomic E-state index is 0.0319. The highest BCUT2D eigenvalue weighted by molar-refractivity contribution is 9.11. The van der Waals surface area contributed by atoms with Crippen molar-refractivity contribution in [1.29, 1.82) is 0 Å². The molecule has 1 aliphatic carbocycles. The summed E-state index contributed by atoms with van der Waals surface area (Å²) >= 11 is 6.56. The Bertz CT molecular complexity index is 541. The molecule has 0 atom stereocenters. The Labute approximate surface area is 123 Å². The fourth-order valence-corrected chi connectivity index (χ4v) is 4.84. The minimum atomic E-state index is -3.47. The second kappa shape index (κ2) is 5.58. The summed E-state index contributed by atoms with van der Waals surface area (Å²) in [7, 11) is -1.83. The molecule has 7 heteroatoms. The molecule has 1 aromatic carbocycles. The molecule has 1 N–H and O–H groups in total. The highest BCUT2D eigenvalue weighted by Gasteiger charge is 2.33. The van der Waals surface area contributed by atoms with Gasteiger partial charge in [-0.05, 0) is 47.0 Å². The van der Waals surface area contributed by atoms with Crippen molar-refractivity contribution in [1.82, 2.24) is 4.72 Å². The average molecular weight is 399 g/mol. The summed E-state index contributed by atoms with van der Waals surface area (Å²) in [6.07, 6.45) is 1.62. The number of methoxy groups -OCH3 is 1. The number of hydrogen-bond acceptors (Lipinski definition) is 3. The monoisotopic (exact) mass is 397 g/mol. The lowest BCUT2D eigenvalue weighted by Crippen LogP contribution is -2.47. The number of nitrogens with one attached hydrogen (secondary N) is 1. The summed E-state index contributed by atoms with van der Waals surface area (Å²) in [4.78, 5) is 0.256. The molecule has 0 saturated heterocycles. The van der Waals surface area contributed by atoms with Crippen LogP contribution in [0.1, 0.15) is 12.8 Å². The Morgan fingerprint density at radius 1 is 1.33 bits per heavy atom. The Morgan fingerprint density at radius 2 is 2.00 bits per heavy atom. The number of halogens is 2. The first-order valence-electron chi connectivity index (χ1n) is 5.42. The van der Waals surface area contributed by atoms with Gasteiger partial charge >= 0.3 is 0 Å². The van der Waals surface area contributed by atoms with E-state index in [0.29, 0.717) is 4.47 Å². The molecule has 1 aromatic rings. The Morgan fingerprint density at radius 3 is 2.56 bits per heavy atom. The first kappa shape index (κ1) is 14.5. The van der Waals surface area contributed by atoms with Gasteiger partial charge in [0.05, 0.1) is 11.0 Å². The van der Waals surface area contributed by atoms with E-state index in [0.717, 1.165) is 17.3 Å². The lowest BCUT2D eigenvalue weighted by Gasteiger charge is -2.34. The van der Waals surface area contributed by atoms with Crippen LogP contribution in [0.25, 0.3) is 0 Å². The van der Waals surface area contributed by atoms with Crippen molar-refractivity contribution >= 4 is 41.9 Å². The maximum absolute atomic E-state index is 12.2. The van der Waals surface area contributed by atoms with Crippen molar-refractivity contribution in [3.05, 3.63) is 27.1 Å². The molecule has 0 radical (unpaired) electrons. The van der Waals surface area contributed by atoms with E-state index in [4.69, 9.17) is 4.74 Å². The predicted octanol–water partition coefficient (Wildman–Crippen LogP) is 2.67. The molecule has 0 unspecified atom stereocenters. The zero-order valence-electron chi connectivity index (χ0n) is 9.69. The van der Waals surface area contributed by atoms with E-state index in [1.807, 2.05) is 0 Å². The molecule has 0 spiro atoms. The Balaban J connectivity index is 2.11. The van der Waals surface area contributed by atoms with E-state index in [-0.39, 0.29) is 17.0 Å². The summed E-state index contributed by atoms with van der Waals surface area (Å²) in [5.74, 6) is 0. The first-order chi connectivity index (χ1) is 8.42. The summed E-state index contributed by atoms with van der Waals surface area (Å²) in [5.41, 5.74) is 0. The fraction of sp³-hybridized carbons (Fsp3) is 0.455. The third kappa shape index (κ3) is 3.14. The van der Waals surface area contributed by atoms with Gasteiger partial charge in [0, 0.05) is 22.1 Å². The van der Waals surface area contributed by atoms with E-state index in [9.17, 15) is 8.42 Å². The summed E-state index contributed by atoms with van der Waals surface area (Å²) in [6.45, 7) is 0. The smallest absolute Gasteiger partial charge is 0.241 e. The van der Waals surface area contributed by atoms with Crippen LogP contribution in [0.2, 0.25) is 0 Å². The van der Waals surface area contributed by atoms with Crippen LogP contribution in [0.3, 0.4) is 0 Å². The highest BCUT2D eigenvalue weighted by Crippen LogP contribution is 2.28. The van der Waals surface area contributed by atoms with Crippen LogP contribution in [0.5, 0.6) is 0 Å². The molecule has 0 aliphatic heterocycles. The molecule has 1 saturated carbocycles. The molecule has 0 bridgehead atoms. The molecule has 18 heavy (non-hydrogen) atoms. The molecule has 1 fully saturated rings. The SMILES string of the molecule is COC1CC(NS(=O)(=O)c2ccc(Br)cc2Br)C1. The maximum atomic E-state index is 12.2. The van der Waals surface area contributed by atoms with Gasteiger partial charge < -0.3 is 4.74 Å². The summed E-state index contributed by atoms with van der Waals surface area (Å²) < 4.78 is 33.5. The van der Waals surface area contributed by atoms with Gasteiger partial charge in [0.25, 0.3) is 0 Å². The first-order valence-corrected chi connectivity index (χ1v) is 8.49.